The third-order valence-corrected chi connectivity index (χ3v) is 2.15. The first-order valence-corrected chi connectivity index (χ1v) is 5.04. The largest absolute Gasteiger partial charge is 0.396 e. The molecular weight excluding hydrogens is 178 g/mol. The highest BCUT2D eigenvalue weighted by molar-refractivity contribution is 4.79. The van der Waals surface area contributed by atoms with Crippen LogP contribution in [0.2, 0.25) is 0 Å². The van der Waals surface area contributed by atoms with Crippen molar-refractivity contribution in [3.8, 4) is 0 Å². The molecule has 2 N–H and O–H groups in total. The summed E-state index contributed by atoms with van der Waals surface area (Å²) in [6, 6.07) is 2.30. The molecule has 0 aliphatic rings. The van der Waals surface area contributed by atoms with Gasteiger partial charge in [0.25, 0.3) is 0 Å². The molecule has 1 heterocycles. The zero-order valence-corrected chi connectivity index (χ0v) is 8.85. The number of aliphatic hydroxyl groups excluding tert-OH is 1. The molecule has 1 aromatic rings. The Balaban J connectivity index is 2.19. The van der Waals surface area contributed by atoms with Crippen LogP contribution in [-0.4, -0.2) is 34.1 Å². The van der Waals surface area contributed by atoms with Crippen molar-refractivity contribution in [2.75, 3.05) is 13.2 Å². The van der Waals surface area contributed by atoms with Crippen molar-refractivity contribution in [2.24, 2.45) is 5.92 Å². The lowest BCUT2D eigenvalue weighted by molar-refractivity contribution is 0.229. The Bertz CT molecular complexity index is 236. The molecule has 0 saturated carbocycles. The number of hydrogen-bond acceptors (Lipinski definition) is 3. The molecule has 4 nitrogen and oxygen atoms in total. The van der Waals surface area contributed by atoms with Crippen molar-refractivity contribution in [3.05, 3.63) is 18.5 Å². The minimum atomic E-state index is 0.238. The second-order valence-corrected chi connectivity index (χ2v) is 3.83. The predicted octanol–water partition coefficient (Wildman–Crippen LogP) is 0.490. The van der Waals surface area contributed by atoms with E-state index < -0.39 is 0 Å². The van der Waals surface area contributed by atoms with E-state index in [4.69, 9.17) is 5.11 Å². The van der Waals surface area contributed by atoms with Crippen LogP contribution in [0.1, 0.15) is 13.8 Å². The van der Waals surface area contributed by atoms with Crippen LogP contribution in [0, 0.1) is 5.92 Å². The third kappa shape index (κ3) is 3.89. The third-order valence-electron chi connectivity index (χ3n) is 2.15. The van der Waals surface area contributed by atoms with Gasteiger partial charge >= 0.3 is 0 Å². The lowest BCUT2D eigenvalue weighted by atomic mass is 10.2. The van der Waals surface area contributed by atoms with Gasteiger partial charge in [-0.05, 0) is 18.9 Å². The molecule has 0 aliphatic heterocycles. The monoisotopic (exact) mass is 197 g/mol. The van der Waals surface area contributed by atoms with Gasteiger partial charge in [-0.3, -0.25) is 4.68 Å². The number of aliphatic hydroxyl groups is 1. The van der Waals surface area contributed by atoms with Crippen molar-refractivity contribution < 1.29 is 5.11 Å². The van der Waals surface area contributed by atoms with E-state index >= 15 is 0 Å². The number of aromatic nitrogens is 2. The highest BCUT2D eigenvalue weighted by Crippen LogP contribution is 1.94. The highest BCUT2D eigenvalue weighted by atomic mass is 16.3. The Morgan fingerprint density at radius 3 is 2.86 bits per heavy atom. The van der Waals surface area contributed by atoms with Crippen LogP contribution in [0.3, 0.4) is 0 Å². The van der Waals surface area contributed by atoms with Crippen LogP contribution >= 0.6 is 0 Å². The normalized spacial score (nSPS) is 15.4. The molecule has 0 fully saturated rings. The highest BCUT2D eigenvalue weighted by Gasteiger charge is 2.05. The van der Waals surface area contributed by atoms with Gasteiger partial charge in [0, 0.05) is 31.6 Å². The average Bonchev–Trinajstić information content (AvgIpc) is 2.66. The molecule has 14 heavy (non-hydrogen) atoms. The van der Waals surface area contributed by atoms with Gasteiger partial charge in [-0.1, -0.05) is 6.92 Å². The van der Waals surface area contributed by atoms with E-state index in [1.54, 1.807) is 6.20 Å². The van der Waals surface area contributed by atoms with Gasteiger partial charge in [0.2, 0.25) is 0 Å². The molecule has 2 atom stereocenters. The predicted molar refractivity (Wildman–Crippen MR) is 55.9 cm³/mol. The summed E-state index contributed by atoms with van der Waals surface area (Å²) in [6.07, 6.45) is 3.73. The fourth-order valence-electron chi connectivity index (χ4n) is 1.22. The zero-order valence-electron chi connectivity index (χ0n) is 8.85. The summed E-state index contributed by atoms with van der Waals surface area (Å²) in [5.41, 5.74) is 0. The Hall–Kier alpha value is -0.870. The Kier molecular flexibility index (Phi) is 4.62. The van der Waals surface area contributed by atoms with Crippen molar-refractivity contribution in [3.63, 3.8) is 0 Å². The summed E-state index contributed by atoms with van der Waals surface area (Å²) in [5, 5.41) is 16.3. The quantitative estimate of drug-likeness (QED) is 0.698. The van der Waals surface area contributed by atoms with Gasteiger partial charge in [-0.15, -0.1) is 0 Å². The molecule has 2 unspecified atom stereocenters. The van der Waals surface area contributed by atoms with E-state index in [0.29, 0.717) is 12.0 Å². The molecule has 1 aromatic heterocycles. The lowest BCUT2D eigenvalue weighted by Gasteiger charge is -2.16. The van der Waals surface area contributed by atoms with Crippen LogP contribution in [0.4, 0.5) is 0 Å². The van der Waals surface area contributed by atoms with Crippen molar-refractivity contribution in [1.29, 1.82) is 0 Å². The minimum Gasteiger partial charge on any atom is -0.396 e. The Labute approximate surface area is 84.9 Å². The average molecular weight is 197 g/mol. The Morgan fingerprint density at radius 2 is 2.29 bits per heavy atom. The Morgan fingerprint density at radius 1 is 1.50 bits per heavy atom. The van der Waals surface area contributed by atoms with Crippen LogP contribution < -0.4 is 5.32 Å². The molecule has 0 radical (unpaired) electrons. The molecule has 0 bridgehead atoms. The van der Waals surface area contributed by atoms with Crippen LogP contribution in [0.15, 0.2) is 18.5 Å². The summed E-state index contributed by atoms with van der Waals surface area (Å²) in [5.74, 6) is 0.315. The van der Waals surface area contributed by atoms with Gasteiger partial charge in [0.1, 0.15) is 0 Å². The molecule has 0 saturated heterocycles. The number of nitrogens with zero attached hydrogens (tertiary/aromatic N) is 2. The first-order valence-electron chi connectivity index (χ1n) is 5.04. The second-order valence-electron chi connectivity index (χ2n) is 3.83. The first-order chi connectivity index (χ1) is 6.72. The smallest absolute Gasteiger partial charge is 0.0559 e. The lowest BCUT2D eigenvalue weighted by Crippen LogP contribution is -2.34. The van der Waals surface area contributed by atoms with Crippen molar-refractivity contribution in [1.82, 2.24) is 15.1 Å². The van der Waals surface area contributed by atoms with Crippen LogP contribution in [0.25, 0.3) is 0 Å². The zero-order chi connectivity index (χ0) is 10.4. The SMILES string of the molecule is CC(CO)CNC(C)Cn1cccn1. The molecule has 0 amide bonds. The number of hydrogen-bond donors (Lipinski definition) is 2. The summed E-state index contributed by atoms with van der Waals surface area (Å²) in [6.45, 7) is 6.09. The van der Waals surface area contributed by atoms with E-state index in [9.17, 15) is 0 Å². The first kappa shape index (κ1) is 11.2. The molecule has 0 aliphatic carbocycles. The van der Waals surface area contributed by atoms with E-state index in [-0.39, 0.29) is 6.61 Å². The summed E-state index contributed by atoms with van der Waals surface area (Å²) < 4.78 is 1.90. The molecule has 4 heteroatoms. The molecule has 80 valence electrons. The molecule has 0 aromatic carbocycles. The molecule has 0 spiro atoms. The number of nitrogens with one attached hydrogen (secondary N) is 1. The maximum Gasteiger partial charge on any atom is 0.0559 e. The van der Waals surface area contributed by atoms with Gasteiger partial charge in [0.05, 0.1) is 6.54 Å². The summed E-state index contributed by atoms with van der Waals surface area (Å²) in [4.78, 5) is 0. The standard InChI is InChI=1S/C10H19N3O/c1-9(8-14)6-11-10(2)7-13-5-3-4-12-13/h3-5,9-11,14H,6-8H2,1-2H3. The van der Waals surface area contributed by atoms with Crippen LogP contribution in [-0.2, 0) is 6.54 Å². The maximum absolute atomic E-state index is 8.85. The van der Waals surface area contributed by atoms with E-state index in [0.717, 1.165) is 13.1 Å². The van der Waals surface area contributed by atoms with Crippen LogP contribution in [0.5, 0.6) is 0 Å². The summed E-state index contributed by atoms with van der Waals surface area (Å²) >= 11 is 0. The van der Waals surface area contributed by atoms with E-state index in [1.165, 1.54) is 0 Å². The fraction of sp³-hybridized carbons (Fsp3) is 0.700. The van der Waals surface area contributed by atoms with Gasteiger partial charge in [-0.2, -0.15) is 5.10 Å². The number of rotatable bonds is 6. The molecule has 1 rings (SSSR count). The topological polar surface area (TPSA) is 50.1 Å². The molecular formula is C10H19N3O. The van der Waals surface area contributed by atoms with Gasteiger partial charge in [0.15, 0.2) is 0 Å². The van der Waals surface area contributed by atoms with Gasteiger partial charge in [-0.25, -0.2) is 0 Å². The van der Waals surface area contributed by atoms with Gasteiger partial charge < -0.3 is 10.4 Å². The maximum atomic E-state index is 8.85. The van der Waals surface area contributed by atoms with E-state index in [2.05, 4.69) is 17.3 Å². The summed E-state index contributed by atoms with van der Waals surface area (Å²) in [7, 11) is 0. The fourth-order valence-corrected chi connectivity index (χ4v) is 1.22. The second kappa shape index (κ2) is 5.78. The van der Waals surface area contributed by atoms with Crippen molar-refractivity contribution in [2.45, 2.75) is 26.4 Å². The van der Waals surface area contributed by atoms with Crippen molar-refractivity contribution >= 4 is 0 Å². The van der Waals surface area contributed by atoms with E-state index in [1.807, 2.05) is 23.9 Å². The minimum absolute atomic E-state index is 0.238.